The van der Waals surface area contributed by atoms with Crippen LogP contribution in [-0.2, 0) is 16.0 Å². The molecular formula is C15H22N2O2. The minimum absolute atomic E-state index is 0.147. The lowest BCUT2D eigenvalue weighted by Gasteiger charge is -2.30. The Balaban J connectivity index is 1.99. The van der Waals surface area contributed by atoms with Crippen molar-refractivity contribution in [3.8, 4) is 0 Å². The number of para-hydroxylation sites is 1. The molecule has 1 atom stereocenters. The van der Waals surface area contributed by atoms with E-state index >= 15 is 0 Å². The van der Waals surface area contributed by atoms with Crippen LogP contribution in [0.2, 0.25) is 0 Å². The number of nitrogens with one attached hydrogen (secondary N) is 1. The van der Waals surface area contributed by atoms with Crippen LogP contribution in [0, 0.1) is 0 Å². The van der Waals surface area contributed by atoms with Gasteiger partial charge < -0.3 is 15.0 Å². The zero-order valence-corrected chi connectivity index (χ0v) is 11.7. The van der Waals surface area contributed by atoms with Crippen LogP contribution in [-0.4, -0.2) is 43.2 Å². The zero-order chi connectivity index (χ0) is 13.7. The Kier molecular flexibility index (Phi) is 4.80. The van der Waals surface area contributed by atoms with Crippen molar-refractivity contribution in [3.05, 3.63) is 29.8 Å². The standard InChI is InChI=1S/C15H22N2O2/c1-3-13-6-4-5-7-14(13)16-12(2)15(18)17-8-10-19-11-9-17/h4-7,12,16H,3,8-11H2,1-2H3. The number of anilines is 1. The monoisotopic (exact) mass is 262 g/mol. The van der Waals surface area contributed by atoms with Gasteiger partial charge in [-0.25, -0.2) is 0 Å². The molecule has 1 aromatic rings. The molecule has 1 fully saturated rings. The maximum absolute atomic E-state index is 12.3. The van der Waals surface area contributed by atoms with Gasteiger partial charge in [-0.1, -0.05) is 25.1 Å². The van der Waals surface area contributed by atoms with Crippen LogP contribution in [0.25, 0.3) is 0 Å². The van der Waals surface area contributed by atoms with Crippen LogP contribution in [0.15, 0.2) is 24.3 Å². The highest BCUT2D eigenvalue weighted by molar-refractivity contribution is 5.84. The molecule has 0 aliphatic carbocycles. The molecule has 0 aromatic heterocycles. The van der Waals surface area contributed by atoms with Crippen LogP contribution in [0.1, 0.15) is 19.4 Å². The fourth-order valence-corrected chi connectivity index (χ4v) is 2.32. The fraction of sp³-hybridized carbons (Fsp3) is 0.533. The van der Waals surface area contributed by atoms with Gasteiger partial charge in [0.1, 0.15) is 6.04 Å². The SMILES string of the molecule is CCc1ccccc1NC(C)C(=O)N1CCOCC1. The molecule has 0 radical (unpaired) electrons. The first-order valence-electron chi connectivity index (χ1n) is 6.93. The molecule has 1 N–H and O–H groups in total. The van der Waals surface area contributed by atoms with Gasteiger partial charge >= 0.3 is 0 Å². The molecule has 2 rings (SSSR count). The summed E-state index contributed by atoms with van der Waals surface area (Å²) in [4.78, 5) is 14.2. The summed E-state index contributed by atoms with van der Waals surface area (Å²) in [5, 5.41) is 3.33. The van der Waals surface area contributed by atoms with Crippen molar-refractivity contribution in [3.63, 3.8) is 0 Å². The third-order valence-corrected chi connectivity index (χ3v) is 3.46. The van der Waals surface area contributed by atoms with Crippen LogP contribution < -0.4 is 5.32 Å². The van der Waals surface area contributed by atoms with Gasteiger partial charge in [0.05, 0.1) is 13.2 Å². The molecule has 0 saturated carbocycles. The first kappa shape index (κ1) is 13.9. The summed E-state index contributed by atoms with van der Waals surface area (Å²) < 4.78 is 5.27. The third-order valence-electron chi connectivity index (χ3n) is 3.46. The van der Waals surface area contributed by atoms with E-state index in [2.05, 4.69) is 18.3 Å². The lowest BCUT2D eigenvalue weighted by molar-refractivity contribution is -0.135. The smallest absolute Gasteiger partial charge is 0.244 e. The van der Waals surface area contributed by atoms with Crippen LogP contribution >= 0.6 is 0 Å². The molecule has 19 heavy (non-hydrogen) atoms. The second kappa shape index (κ2) is 6.57. The van der Waals surface area contributed by atoms with E-state index in [4.69, 9.17) is 4.74 Å². The molecule has 1 unspecified atom stereocenters. The van der Waals surface area contributed by atoms with Gasteiger partial charge in [-0.05, 0) is 25.0 Å². The van der Waals surface area contributed by atoms with Gasteiger partial charge in [0, 0.05) is 18.8 Å². The van der Waals surface area contributed by atoms with Crippen LogP contribution in [0.4, 0.5) is 5.69 Å². The number of rotatable bonds is 4. The zero-order valence-electron chi connectivity index (χ0n) is 11.7. The average molecular weight is 262 g/mol. The van der Waals surface area contributed by atoms with E-state index in [9.17, 15) is 4.79 Å². The van der Waals surface area contributed by atoms with E-state index < -0.39 is 0 Å². The number of benzene rings is 1. The van der Waals surface area contributed by atoms with Crippen molar-refractivity contribution in [2.75, 3.05) is 31.6 Å². The Morgan fingerprint density at radius 3 is 2.74 bits per heavy atom. The molecule has 1 saturated heterocycles. The highest BCUT2D eigenvalue weighted by atomic mass is 16.5. The van der Waals surface area contributed by atoms with Gasteiger partial charge in [0.15, 0.2) is 0 Å². The summed E-state index contributed by atoms with van der Waals surface area (Å²) in [5.74, 6) is 0.147. The maximum atomic E-state index is 12.3. The van der Waals surface area contributed by atoms with E-state index in [1.165, 1.54) is 5.56 Å². The molecule has 1 aromatic carbocycles. The number of hydrogen-bond donors (Lipinski definition) is 1. The summed E-state index contributed by atoms with van der Waals surface area (Å²) >= 11 is 0. The molecular weight excluding hydrogens is 240 g/mol. The van der Waals surface area contributed by atoms with Gasteiger partial charge in [0.2, 0.25) is 5.91 Å². The predicted octanol–water partition coefficient (Wildman–Crippen LogP) is 1.91. The lowest BCUT2D eigenvalue weighted by Crippen LogP contribution is -2.47. The second-order valence-corrected chi connectivity index (χ2v) is 4.81. The summed E-state index contributed by atoms with van der Waals surface area (Å²) in [5.41, 5.74) is 2.29. The first-order valence-corrected chi connectivity index (χ1v) is 6.93. The number of hydrogen-bond acceptors (Lipinski definition) is 3. The number of morpholine rings is 1. The molecule has 104 valence electrons. The molecule has 4 nitrogen and oxygen atoms in total. The minimum atomic E-state index is -0.203. The number of ether oxygens (including phenoxy) is 1. The molecule has 1 aliphatic heterocycles. The Hall–Kier alpha value is -1.55. The third kappa shape index (κ3) is 3.47. The van der Waals surface area contributed by atoms with Gasteiger partial charge in [-0.15, -0.1) is 0 Å². The average Bonchev–Trinajstić information content (AvgIpc) is 2.48. The molecule has 1 amide bonds. The van der Waals surface area contributed by atoms with E-state index in [0.717, 1.165) is 12.1 Å². The second-order valence-electron chi connectivity index (χ2n) is 4.81. The van der Waals surface area contributed by atoms with Crippen molar-refractivity contribution in [2.45, 2.75) is 26.3 Å². The highest BCUT2D eigenvalue weighted by Gasteiger charge is 2.22. The van der Waals surface area contributed by atoms with Crippen LogP contribution in [0.5, 0.6) is 0 Å². The Morgan fingerprint density at radius 2 is 2.05 bits per heavy atom. The number of aryl methyl sites for hydroxylation is 1. The summed E-state index contributed by atoms with van der Waals surface area (Å²) in [6.45, 7) is 6.72. The predicted molar refractivity (Wildman–Crippen MR) is 76.3 cm³/mol. The summed E-state index contributed by atoms with van der Waals surface area (Å²) in [6.07, 6.45) is 0.960. The van der Waals surface area contributed by atoms with Gasteiger partial charge in [-0.2, -0.15) is 0 Å². The molecule has 0 bridgehead atoms. The quantitative estimate of drug-likeness (QED) is 0.901. The number of carbonyl (C=O) groups excluding carboxylic acids is 1. The van der Waals surface area contributed by atoms with E-state index in [1.54, 1.807) is 0 Å². The molecule has 1 aliphatic rings. The molecule has 0 spiro atoms. The van der Waals surface area contributed by atoms with Crippen molar-refractivity contribution in [1.29, 1.82) is 0 Å². The molecule has 4 heteroatoms. The first-order chi connectivity index (χ1) is 9.22. The van der Waals surface area contributed by atoms with Crippen molar-refractivity contribution >= 4 is 11.6 Å². The van der Waals surface area contributed by atoms with Gasteiger partial charge in [0.25, 0.3) is 0 Å². The molecule has 1 heterocycles. The van der Waals surface area contributed by atoms with Crippen molar-refractivity contribution in [2.24, 2.45) is 0 Å². The maximum Gasteiger partial charge on any atom is 0.244 e. The van der Waals surface area contributed by atoms with Crippen molar-refractivity contribution < 1.29 is 9.53 Å². The van der Waals surface area contributed by atoms with Gasteiger partial charge in [-0.3, -0.25) is 4.79 Å². The normalized spacial score (nSPS) is 17.1. The van der Waals surface area contributed by atoms with Crippen LogP contribution in [0.3, 0.4) is 0 Å². The number of nitrogens with zero attached hydrogens (tertiary/aromatic N) is 1. The topological polar surface area (TPSA) is 41.6 Å². The van der Waals surface area contributed by atoms with E-state index in [0.29, 0.717) is 26.3 Å². The largest absolute Gasteiger partial charge is 0.378 e. The Bertz CT molecular complexity index is 428. The highest BCUT2D eigenvalue weighted by Crippen LogP contribution is 2.17. The van der Waals surface area contributed by atoms with E-state index in [1.807, 2.05) is 30.0 Å². The van der Waals surface area contributed by atoms with Crippen molar-refractivity contribution in [1.82, 2.24) is 4.90 Å². The van der Waals surface area contributed by atoms with E-state index in [-0.39, 0.29) is 11.9 Å². The number of carbonyl (C=O) groups is 1. The minimum Gasteiger partial charge on any atom is -0.378 e. The Labute approximate surface area is 114 Å². The Morgan fingerprint density at radius 1 is 1.37 bits per heavy atom. The number of amides is 1. The fourth-order valence-electron chi connectivity index (χ4n) is 2.32. The summed E-state index contributed by atoms with van der Waals surface area (Å²) in [7, 11) is 0. The lowest BCUT2D eigenvalue weighted by atomic mass is 10.1. The summed E-state index contributed by atoms with van der Waals surface area (Å²) in [6, 6.07) is 7.94.